The van der Waals surface area contributed by atoms with Gasteiger partial charge in [-0.2, -0.15) is 5.10 Å². The molecule has 0 radical (unpaired) electrons. The van der Waals surface area contributed by atoms with Crippen molar-refractivity contribution in [3.8, 4) is 0 Å². The van der Waals surface area contributed by atoms with E-state index >= 15 is 0 Å². The number of nitrogens with zero attached hydrogens (tertiary/aromatic N) is 1. The van der Waals surface area contributed by atoms with E-state index in [1.54, 1.807) is 24.3 Å². The van der Waals surface area contributed by atoms with Crippen LogP contribution >= 0.6 is 15.9 Å². The van der Waals surface area contributed by atoms with Crippen molar-refractivity contribution in [2.75, 3.05) is 5.32 Å². The molecule has 0 saturated carbocycles. The first kappa shape index (κ1) is 18.5. The smallest absolute Gasteiger partial charge is 0.291 e. The molecular formula is C19H13BrFN3O3. The summed E-state index contributed by atoms with van der Waals surface area (Å²) in [6.45, 7) is 0. The largest absolute Gasteiger partial charge is 0.459 e. The Morgan fingerprint density at radius 3 is 2.56 bits per heavy atom. The molecule has 8 heteroatoms. The third-order valence-corrected chi connectivity index (χ3v) is 3.96. The van der Waals surface area contributed by atoms with Crippen LogP contribution in [0, 0.1) is 5.82 Å². The highest BCUT2D eigenvalue weighted by atomic mass is 79.9. The summed E-state index contributed by atoms with van der Waals surface area (Å²) in [5, 5.41) is 6.48. The summed E-state index contributed by atoms with van der Waals surface area (Å²) in [4.78, 5) is 24.6. The number of hydrogen-bond acceptors (Lipinski definition) is 4. The SMILES string of the molecule is O=C(Nc1ccc(Br)cc1C(=O)N/N=C/c1ccc(F)cc1)c1ccco1. The van der Waals surface area contributed by atoms with Crippen LogP contribution in [0.15, 0.2) is 74.9 Å². The molecule has 0 aliphatic heterocycles. The molecule has 6 nitrogen and oxygen atoms in total. The van der Waals surface area contributed by atoms with Gasteiger partial charge in [-0.1, -0.05) is 28.1 Å². The van der Waals surface area contributed by atoms with Crippen molar-refractivity contribution in [3.63, 3.8) is 0 Å². The van der Waals surface area contributed by atoms with Gasteiger partial charge in [-0.3, -0.25) is 9.59 Å². The number of benzene rings is 2. The van der Waals surface area contributed by atoms with E-state index in [4.69, 9.17) is 4.42 Å². The van der Waals surface area contributed by atoms with Gasteiger partial charge in [0.05, 0.1) is 23.7 Å². The first-order valence-electron chi connectivity index (χ1n) is 7.76. The molecule has 2 amide bonds. The second kappa shape index (κ2) is 8.41. The van der Waals surface area contributed by atoms with Crippen LogP contribution in [0.2, 0.25) is 0 Å². The van der Waals surface area contributed by atoms with Crippen LogP contribution in [-0.4, -0.2) is 18.0 Å². The average molecular weight is 430 g/mol. The maximum Gasteiger partial charge on any atom is 0.291 e. The number of carbonyl (C=O) groups excluding carboxylic acids is 2. The van der Waals surface area contributed by atoms with E-state index in [9.17, 15) is 14.0 Å². The number of carbonyl (C=O) groups is 2. The molecule has 2 N–H and O–H groups in total. The summed E-state index contributed by atoms with van der Waals surface area (Å²) in [5.41, 5.74) is 3.51. The summed E-state index contributed by atoms with van der Waals surface area (Å²) in [7, 11) is 0. The number of halogens is 2. The predicted octanol–water partition coefficient (Wildman–Crippen LogP) is 4.20. The Bertz CT molecular complexity index is 986. The second-order valence-electron chi connectivity index (χ2n) is 5.37. The summed E-state index contributed by atoms with van der Waals surface area (Å²) in [6.07, 6.45) is 2.77. The number of amides is 2. The van der Waals surface area contributed by atoms with Crippen LogP contribution < -0.4 is 10.7 Å². The lowest BCUT2D eigenvalue weighted by Gasteiger charge is -2.09. The molecule has 0 fully saturated rings. The first-order valence-corrected chi connectivity index (χ1v) is 8.55. The van der Waals surface area contributed by atoms with E-state index in [1.807, 2.05) is 0 Å². The van der Waals surface area contributed by atoms with E-state index in [1.165, 1.54) is 42.8 Å². The molecule has 0 unspecified atom stereocenters. The quantitative estimate of drug-likeness (QED) is 0.470. The van der Waals surface area contributed by atoms with Crippen LogP contribution in [0.3, 0.4) is 0 Å². The Kier molecular flexibility index (Phi) is 5.77. The fourth-order valence-corrected chi connectivity index (χ4v) is 2.54. The highest BCUT2D eigenvalue weighted by Gasteiger charge is 2.16. The Labute approximate surface area is 162 Å². The van der Waals surface area contributed by atoms with E-state index in [-0.39, 0.29) is 17.1 Å². The summed E-state index contributed by atoms with van der Waals surface area (Å²) >= 11 is 3.30. The predicted molar refractivity (Wildman–Crippen MR) is 102 cm³/mol. The minimum Gasteiger partial charge on any atom is -0.459 e. The standard InChI is InChI=1S/C19H13BrFN3O3/c20-13-5-8-16(23-19(26)17-2-1-9-27-17)15(10-13)18(25)24-22-11-12-3-6-14(21)7-4-12/h1-11H,(H,23,26)(H,24,25)/b22-11+. The molecule has 27 heavy (non-hydrogen) atoms. The molecule has 3 rings (SSSR count). The van der Waals surface area contributed by atoms with Gasteiger partial charge >= 0.3 is 0 Å². The zero-order chi connectivity index (χ0) is 19.2. The van der Waals surface area contributed by atoms with Gasteiger partial charge in [0.15, 0.2) is 5.76 Å². The van der Waals surface area contributed by atoms with Crippen molar-refractivity contribution in [1.82, 2.24) is 5.43 Å². The number of hydrazone groups is 1. The number of hydrogen-bond donors (Lipinski definition) is 2. The van der Waals surface area contributed by atoms with Gasteiger partial charge in [-0.05, 0) is 48.0 Å². The third-order valence-electron chi connectivity index (χ3n) is 3.47. The van der Waals surface area contributed by atoms with Crippen molar-refractivity contribution >= 4 is 39.6 Å². The Hall–Kier alpha value is -3.26. The number of rotatable bonds is 5. The minimum atomic E-state index is -0.524. The molecule has 0 saturated heterocycles. The van der Waals surface area contributed by atoms with Gasteiger partial charge in [-0.25, -0.2) is 9.82 Å². The van der Waals surface area contributed by atoms with Crippen LogP contribution in [0.25, 0.3) is 0 Å². The minimum absolute atomic E-state index is 0.124. The highest BCUT2D eigenvalue weighted by molar-refractivity contribution is 9.10. The average Bonchev–Trinajstić information content (AvgIpc) is 3.19. The monoisotopic (exact) mass is 429 g/mol. The Balaban J connectivity index is 1.74. The van der Waals surface area contributed by atoms with E-state index in [2.05, 4.69) is 31.8 Å². The van der Waals surface area contributed by atoms with Crippen molar-refractivity contribution in [2.45, 2.75) is 0 Å². The Morgan fingerprint density at radius 1 is 1.07 bits per heavy atom. The topological polar surface area (TPSA) is 83.7 Å². The first-order chi connectivity index (χ1) is 13.0. The van der Waals surface area contributed by atoms with Gasteiger partial charge in [0, 0.05) is 4.47 Å². The van der Waals surface area contributed by atoms with Crippen molar-refractivity contribution < 1.29 is 18.4 Å². The lowest BCUT2D eigenvalue weighted by molar-refractivity contribution is 0.0956. The molecule has 136 valence electrons. The van der Waals surface area contributed by atoms with E-state index in [0.717, 1.165) is 0 Å². The molecule has 0 aliphatic carbocycles. The van der Waals surface area contributed by atoms with Crippen molar-refractivity contribution in [3.05, 3.63) is 88.0 Å². The molecule has 1 aromatic heterocycles. The lowest BCUT2D eigenvalue weighted by Crippen LogP contribution is -2.21. The zero-order valence-corrected chi connectivity index (χ0v) is 15.4. The lowest BCUT2D eigenvalue weighted by atomic mass is 10.1. The molecule has 0 bridgehead atoms. The fraction of sp³-hybridized carbons (Fsp3) is 0. The molecule has 0 spiro atoms. The Morgan fingerprint density at radius 2 is 1.85 bits per heavy atom. The van der Waals surface area contributed by atoms with Crippen molar-refractivity contribution in [1.29, 1.82) is 0 Å². The maximum absolute atomic E-state index is 12.9. The highest BCUT2D eigenvalue weighted by Crippen LogP contribution is 2.22. The van der Waals surface area contributed by atoms with Crippen LogP contribution in [0.5, 0.6) is 0 Å². The van der Waals surface area contributed by atoms with E-state index in [0.29, 0.717) is 15.7 Å². The maximum atomic E-state index is 12.9. The van der Waals surface area contributed by atoms with Gasteiger partial charge in [0.1, 0.15) is 5.82 Å². The van der Waals surface area contributed by atoms with Crippen molar-refractivity contribution in [2.24, 2.45) is 5.10 Å². The molecule has 0 aliphatic rings. The third kappa shape index (κ3) is 4.89. The molecular weight excluding hydrogens is 417 g/mol. The number of furan rings is 1. The van der Waals surface area contributed by atoms with Crippen LogP contribution in [0.4, 0.5) is 10.1 Å². The molecule has 2 aromatic carbocycles. The normalized spacial score (nSPS) is 10.7. The summed E-state index contributed by atoms with van der Waals surface area (Å²) in [6, 6.07) is 13.6. The fourth-order valence-electron chi connectivity index (χ4n) is 2.18. The van der Waals surface area contributed by atoms with Crippen LogP contribution in [-0.2, 0) is 0 Å². The van der Waals surface area contributed by atoms with Crippen LogP contribution in [0.1, 0.15) is 26.5 Å². The second-order valence-corrected chi connectivity index (χ2v) is 6.29. The van der Waals surface area contributed by atoms with Gasteiger partial charge in [0.25, 0.3) is 11.8 Å². The number of anilines is 1. The summed E-state index contributed by atoms with van der Waals surface area (Å²) < 4.78 is 18.6. The molecule has 0 atom stereocenters. The summed E-state index contributed by atoms with van der Waals surface area (Å²) in [5.74, 6) is -1.24. The molecule has 1 heterocycles. The van der Waals surface area contributed by atoms with Gasteiger partial charge < -0.3 is 9.73 Å². The molecule has 3 aromatic rings. The number of nitrogens with one attached hydrogen (secondary N) is 2. The van der Waals surface area contributed by atoms with Gasteiger partial charge in [-0.15, -0.1) is 0 Å². The zero-order valence-electron chi connectivity index (χ0n) is 13.8. The van der Waals surface area contributed by atoms with Gasteiger partial charge in [0.2, 0.25) is 0 Å². The van der Waals surface area contributed by atoms with E-state index < -0.39 is 11.8 Å².